The van der Waals surface area contributed by atoms with Gasteiger partial charge in [-0.15, -0.1) is 0 Å². The molecule has 2 amide bonds. The van der Waals surface area contributed by atoms with Gasteiger partial charge in [0.15, 0.2) is 6.10 Å². The van der Waals surface area contributed by atoms with Crippen LogP contribution in [0.15, 0.2) is 53.0 Å². The molecule has 0 spiro atoms. The Kier molecular flexibility index (Phi) is 5.70. The number of hydrogen-bond acceptors (Lipinski definition) is 4. The number of rotatable bonds is 5. The summed E-state index contributed by atoms with van der Waals surface area (Å²) in [7, 11) is 0. The summed E-state index contributed by atoms with van der Waals surface area (Å²) in [6, 6.07) is 12.7. The third-order valence-corrected chi connectivity index (χ3v) is 3.70. The van der Waals surface area contributed by atoms with E-state index in [-0.39, 0.29) is 0 Å². The molecule has 6 nitrogen and oxygen atoms in total. The van der Waals surface area contributed by atoms with Gasteiger partial charge in [-0.1, -0.05) is 15.9 Å². The SMILES string of the molecule is C[C@@H](OC(=O)c1ccc(Br)cc1)C(=O)Nc1ccc(C(N)=O)cc1. The first-order valence-corrected chi connectivity index (χ1v) is 7.83. The molecule has 0 bridgehead atoms. The molecule has 2 rings (SSSR count). The first-order valence-electron chi connectivity index (χ1n) is 7.04. The van der Waals surface area contributed by atoms with Crippen molar-refractivity contribution < 1.29 is 19.1 Å². The fourth-order valence-corrected chi connectivity index (χ4v) is 2.09. The molecule has 0 aromatic heterocycles. The molecule has 7 heteroatoms. The second-order valence-corrected chi connectivity index (χ2v) is 5.90. The molecule has 0 radical (unpaired) electrons. The maximum Gasteiger partial charge on any atom is 0.338 e. The Morgan fingerprint density at radius 2 is 1.54 bits per heavy atom. The van der Waals surface area contributed by atoms with Crippen molar-refractivity contribution in [2.45, 2.75) is 13.0 Å². The van der Waals surface area contributed by atoms with E-state index >= 15 is 0 Å². The Morgan fingerprint density at radius 3 is 2.08 bits per heavy atom. The van der Waals surface area contributed by atoms with Gasteiger partial charge in [-0.25, -0.2) is 4.79 Å². The molecule has 2 aromatic rings. The highest BCUT2D eigenvalue weighted by molar-refractivity contribution is 9.10. The number of nitrogens with two attached hydrogens (primary N) is 1. The van der Waals surface area contributed by atoms with Crippen LogP contribution in [0.5, 0.6) is 0 Å². The second-order valence-electron chi connectivity index (χ2n) is 4.99. The van der Waals surface area contributed by atoms with Crippen molar-refractivity contribution in [2.75, 3.05) is 5.32 Å². The molecule has 0 heterocycles. The van der Waals surface area contributed by atoms with E-state index in [2.05, 4.69) is 21.2 Å². The fourth-order valence-electron chi connectivity index (χ4n) is 1.83. The van der Waals surface area contributed by atoms with E-state index in [4.69, 9.17) is 10.5 Å². The van der Waals surface area contributed by atoms with Gasteiger partial charge in [0.05, 0.1) is 5.56 Å². The van der Waals surface area contributed by atoms with Crippen LogP contribution in [0, 0.1) is 0 Å². The van der Waals surface area contributed by atoms with Crippen LogP contribution in [-0.2, 0) is 9.53 Å². The molecule has 1 atom stereocenters. The second kappa shape index (κ2) is 7.74. The highest BCUT2D eigenvalue weighted by Gasteiger charge is 2.19. The van der Waals surface area contributed by atoms with Crippen LogP contribution in [-0.4, -0.2) is 23.9 Å². The maximum absolute atomic E-state index is 12.1. The lowest BCUT2D eigenvalue weighted by atomic mass is 10.2. The Labute approximate surface area is 147 Å². The lowest BCUT2D eigenvalue weighted by Crippen LogP contribution is -2.30. The normalized spacial score (nSPS) is 11.4. The lowest BCUT2D eigenvalue weighted by Gasteiger charge is -2.13. The van der Waals surface area contributed by atoms with Crippen molar-refractivity contribution in [2.24, 2.45) is 5.73 Å². The van der Waals surface area contributed by atoms with E-state index in [9.17, 15) is 14.4 Å². The van der Waals surface area contributed by atoms with Crippen LogP contribution in [0.2, 0.25) is 0 Å². The van der Waals surface area contributed by atoms with Crippen molar-refractivity contribution in [3.63, 3.8) is 0 Å². The summed E-state index contributed by atoms with van der Waals surface area (Å²) in [5, 5.41) is 2.60. The van der Waals surface area contributed by atoms with E-state index in [0.717, 1.165) is 4.47 Å². The van der Waals surface area contributed by atoms with Crippen molar-refractivity contribution in [1.29, 1.82) is 0 Å². The first kappa shape index (κ1) is 17.7. The van der Waals surface area contributed by atoms with Gasteiger partial charge in [-0.05, 0) is 55.5 Å². The van der Waals surface area contributed by atoms with Gasteiger partial charge in [-0.2, -0.15) is 0 Å². The average molecular weight is 391 g/mol. The number of nitrogens with one attached hydrogen (secondary N) is 1. The van der Waals surface area contributed by atoms with E-state index in [1.807, 2.05) is 0 Å². The topological polar surface area (TPSA) is 98.5 Å². The molecule has 0 aliphatic heterocycles. The number of anilines is 1. The number of halogens is 1. The molecule has 0 saturated heterocycles. The number of benzene rings is 2. The summed E-state index contributed by atoms with van der Waals surface area (Å²) in [4.78, 5) is 35.0. The summed E-state index contributed by atoms with van der Waals surface area (Å²) >= 11 is 3.27. The number of esters is 1. The quantitative estimate of drug-likeness (QED) is 0.766. The van der Waals surface area contributed by atoms with Crippen molar-refractivity contribution in [1.82, 2.24) is 0 Å². The van der Waals surface area contributed by atoms with Gasteiger partial charge in [0.2, 0.25) is 5.91 Å². The lowest BCUT2D eigenvalue weighted by molar-refractivity contribution is -0.123. The van der Waals surface area contributed by atoms with Crippen LogP contribution >= 0.6 is 15.9 Å². The smallest absolute Gasteiger partial charge is 0.338 e. The van der Waals surface area contributed by atoms with E-state index in [0.29, 0.717) is 16.8 Å². The summed E-state index contributed by atoms with van der Waals surface area (Å²) in [5.41, 5.74) is 6.30. The molecule has 0 aliphatic carbocycles. The Balaban J connectivity index is 1.95. The molecule has 24 heavy (non-hydrogen) atoms. The summed E-state index contributed by atoms with van der Waals surface area (Å²) in [6.45, 7) is 1.48. The largest absolute Gasteiger partial charge is 0.449 e. The van der Waals surface area contributed by atoms with Crippen LogP contribution in [0.4, 0.5) is 5.69 Å². The molecular weight excluding hydrogens is 376 g/mol. The first-order chi connectivity index (χ1) is 11.4. The zero-order valence-corrected chi connectivity index (χ0v) is 14.4. The highest BCUT2D eigenvalue weighted by atomic mass is 79.9. The predicted octanol–water partition coefficient (Wildman–Crippen LogP) is 2.73. The molecule has 0 fully saturated rings. The minimum atomic E-state index is -0.975. The number of ether oxygens (including phenoxy) is 1. The predicted molar refractivity (Wildman–Crippen MR) is 92.6 cm³/mol. The molecule has 3 N–H and O–H groups in total. The number of carbonyl (C=O) groups is 3. The number of primary amides is 1. The van der Waals surface area contributed by atoms with E-state index in [1.54, 1.807) is 36.4 Å². The van der Waals surface area contributed by atoms with Gasteiger partial charge in [-0.3, -0.25) is 9.59 Å². The minimum Gasteiger partial charge on any atom is -0.449 e. The summed E-state index contributed by atoms with van der Waals surface area (Å²) in [6.07, 6.45) is -0.975. The Morgan fingerprint density at radius 1 is 1.00 bits per heavy atom. The van der Waals surface area contributed by atoms with Gasteiger partial charge in [0, 0.05) is 15.7 Å². The highest BCUT2D eigenvalue weighted by Crippen LogP contribution is 2.13. The summed E-state index contributed by atoms with van der Waals surface area (Å²) < 4.78 is 5.97. The van der Waals surface area contributed by atoms with Crippen molar-refractivity contribution >= 4 is 39.4 Å². The maximum atomic E-state index is 12.1. The average Bonchev–Trinajstić information content (AvgIpc) is 2.55. The molecule has 0 unspecified atom stereocenters. The summed E-state index contributed by atoms with van der Waals surface area (Å²) in [5.74, 6) is -1.62. The van der Waals surface area contributed by atoms with E-state index < -0.39 is 23.9 Å². The minimum absolute atomic E-state index is 0.336. The van der Waals surface area contributed by atoms with Crippen LogP contribution < -0.4 is 11.1 Å². The van der Waals surface area contributed by atoms with Gasteiger partial charge in [0.25, 0.3) is 5.91 Å². The number of hydrogen-bond donors (Lipinski definition) is 2. The van der Waals surface area contributed by atoms with Crippen molar-refractivity contribution in [3.05, 3.63) is 64.1 Å². The molecule has 2 aromatic carbocycles. The Hall–Kier alpha value is -2.67. The molecular formula is C17H15BrN2O4. The third kappa shape index (κ3) is 4.66. The van der Waals surface area contributed by atoms with Gasteiger partial charge >= 0.3 is 5.97 Å². The molecule has 0 aliphatic rings. The van der Waals surface area contributed by atoms with Crippen molar-refractivity contribution in [3.8, 4) is 0 Å². The van der Waals surface area contributed by atoms with Crippen LogP contribution in [0.3, 0.4) is 0 Å². The van der Waals surface area contributed by atoms with Crippen LogP contribution in [0.1, 0.15) is 27.6 Å². The zero-order valence-electron chi connectivity index (χ0n) is 12.8. The third-order valence-electron chi connectivity index (χ3n) is 3.17. The van der Waals surface area contributed by atoms with E-state index in [1.165, 1.54) is 19.1 Å². The zero-order chi connectivity index (χ0) is 17.7. The standard InChI is InChI=1S/C17H15BrN2O4/c1-10(24-17(23)12-2-6-13(18)7-3-12)16(22)20-14-8-4-11(5-9-14)15(19)21/h2-10H,1H3,(H2,19,21)(H,20,22)/t10-/m1/s1. The van der Waals surface area contributed by atoms with Gasteiger partial charge < -0.3 is 15.8 Å². The van der Waals surface area contributed by atoms with Gasteiger partial charge in [0.1, 0.15) is 0 Å². The Bertz CT molecular complexity index is 757. The number of amides is 2. The molecule has 0 saturated carbocycles. The number of carbonyl (C=O) groups excluding carboxylic acids is 3. The molecule has 124 valence electrons. The fraction of sp³-hybridized carbons (Fsp3) is 0.118. The monoisotopic (exact) mass is 390 g/mol. The van der Waals surface area contributed by atoms with Crippen LogP contribution in [0.25, 0.3) is 0 Å².